The summed E-state index contributed by atoms with van der Waals surface area (Å²) in [7, 11) is 1.54. The Kier molecular flexibility index (Phi) is 5.42. The summed E-state index contributed by atoms with van der Waals surface area (Å²) in [6, 6.07) is 18.1. The molecule has 3 aromatic carbocycles. The molecule has 1 aromatic heterocycles. The fraction of sp³-hybridized carbons (Fsp3) is 0.143. The SMILES string of the molecule is CCn1cc(/C=C2/Oc3c(ccc(OC(=O)c4cccc(OC)c4)c3C)C2=O)c2ccccc21. The zero-order valence-electron chi connectivity index (χ0n) is 19.1. The van der Waals surface area contributed by atoms with Gasteiger partial charge in [0.25, 0.3) is 0 Å². The smallest absolute Gasteiger partial charge is 0.343 e. The van der Waals surface area contributed by atoms with E-state index in [4.69, 9.17) is 14.2 Å². The fourth-order valence-corrected chi connectivity index (χ4v) is 4.18. The molecule has 0 aliphatic carbocycles. The molecule has 0 amide bonds. The average Bonchev–Trinajstić information content (AvgIpc) is 3.39. The molecule has 0 spiro atoms. The Morgan fingerprint density at radius 1 is 1.09 bits per heavy atom. The van der Waals surface area contributed by atoms with E-state index in [1.54, 1.807) is 49.4 Å². The monoisotopic (exact) mass is 453 g/mol. The number of fused-ring (bicyclic) bond motifs is 2. The lowest BCUT2D eigenvalue weighted by atomic mass is 10.1. The van der Waals surface area contributed by atoms with Crippen molar-refractivity contribution in [2.75, 3.05) is 7.11 Å². The van der Waals surface area contributed by atoms with Crippen molar-refractivity contribution in [3.8, 4) is 17.2 Å². The number of aryl methyl sites for hydroxylation is 1. The van der Waals surface area contributed by atoms with Gasteiger partial charge in [-0.05, 0) is 56.3 Å². The molecule has 0 radical (unpaired) electrons. The first-order valence-corrected chi connectivity index (χ1v) is 11.0. The number of nitrogens with zero attached hydrogens (tertiary/aromatic N) is 1. The van der Waals surface area contributed by atoms with Crippen LogP contribution in [0.2, 0.25) is 0 Å². The highest BCUT2D eigenvalue weighted by Gasteiger charge is 2.31. The van der Waals surface area contributed by atoms with Gasteiger partial charge in [0.05, 0.1) is 18.2 Å². The molecule has 0 unspecified atom stereocenters. The summed E-state index contributed by atoms with van der Waals surface area (Å²) in [5.74, 6) is 0.836. The average molecular weight is 453 g/mol. The summed E-state index contributed by atoms with van der Waals surface area (Å²) in [6.07, 6.45) is 3.80. The number of ketones is 1. The van der Waals surface area contributed by atoms with Crippen molar-refractivity contribution in [3.63, 3.8) is 0 Å². The second kappa shape index (κ2) is 8.56. The van der Waals surface area contributed by atoms with Gasteiger partial charge in [-0.25, -0.2) is 4.79 Å². The van der Waals surface area contributed by atoms with Crippen molar-refractivity contribution in [1.82, 2.24) is 4.57 Å². The van der Waals surface area contributed by atoms with Crippen molar-refractivity contribution in [2.24, 2.45) is 0 Å². The molecule has 0 saturated heterocycles. The molecule has 0 atom stereocenters. The Labute approximate surface area is 197 Å². The van der Waals surface area contributed by atoms with Gasteiger partial charge in [0.2, 0.25) is 5.78 Å². The number of carbonyl (C=O) groups excluding carboxylic acids is 2. The van der Waals surface area contributed by atoms with Crippen LogP contribution in [0.1, 0.15) is 38.8 Å². The second-order valence-electron chi connectivity index (χ2n) is 8.01. The molecule has 0 saturated carbocycles. The van der Waals surface area contributed by atoms with E-state index in [1.165, 1.54) is 7.11 Å². The van der Waals surface area contributed by atoms with E-state index in [-0.39, 0.29) is 11.5 Å². The van der Waals surface area contributed by atoms with E-state index >= 15 is 0 Å². The first-order chi connectivity index (χ1) is 16.5. The molecule has 5 rings (SSSR count). The van der Waals surface area contributed by atoms with E-state index in [2.05, 4.69) is 17.6 Å². The van der Waals surface area contributed by atoms with Gasteiger partial charge < -0.3 is 18.8 Å². The molecule has 0 fully saturated rings. The van der Waals surface area contributed by atoms with E-state index in [1.807, 2.05) is 24.4 Å². The predicted molar refractivity (Wildman–Crippen MR) is 130 cm³/mol. The second-order valence-corrected chi connectivity index (χ2v) is 8.01. The number of rotatable bonds is 5. The number of carbonyl (C=O) groups is 2. The fourth-order valence-electron chi connectivity index (χ4n) is 4.18. The number of aromatic nitrogens is 1. The van der Waals surface area contributed by atoms with Crippen LogP contribution in [0.4, 0.5) is 0 Å². The van der Waals surface area contributed by atoms with Crippen molar-refractivity contribution in [1.29, 1.82) is 0 Å². The summed E-state index contributed by atoms with van der Waals surface area (Å²) in [5, 5.41) is 1.05. The zero-order chi connectivity index (χ0) is 23.8. The highest BCUT2D eigenvalue weighted by Crippen LogP contribution is 2.40. The Morgan fingerprint density at radius 2 is 1.91 bits per heavy atom. The molecule has 0 bridgehead atoms. The lowest BCUT2D eigenvalue weighted by Gasteiger charge is -2.10. The summed E-state index contributed by atoms with van der Waals surface area (Å²) in [5.41, 5.74) is 3.41. The van der Waals surface area contributed by atoms with Crippen molar-refractivity contribution in [3.05, 3.63) is 94.9 Å². The summed E-state index contributed by atoms with van der Waals surface area (Å²) >= 11 is 0. The standard InChI is InChI=1S/C28H23NO5/c1-4-29-16-19(21-10-5-6-11-23(21)29)15-25-26(30)22-12-13-24(17(2)27(22)33-25)34-28(31)18-8-7-9-20(14-18)32-3/h5-16H,4H2,1-3H3/b25-15+. The normalized spacial score (nSPS) is 13.7. The molecular formula is C28H23NO5. The maximum absolute atomic E-state index is 13.1. The van der Waals surface area contributed by atoms with Crippen LogP contribution in [0.5, 0.6) is 17.2 Å². The minimum atomic E-state index is -0.519. The summed E-state index contributed by atoms with van der Waals surface area (Å²) < 4.78 is 18.9. The van der Waals surface area contributed by atoms with E-state index in [0.717, 1.165) is 23.0 Å². The van der Waals surface area contributed by atoms with Crippen LogP contribution < -0.4 is 14.2 Å². The maximum Gasteiger partial charge on any atom is 0.343 e. The predicted octanol–water partition coefficient (Wildman–Crippen LogP) is 5.81. The topological polar surface area (TPSA) is 66.8 Å². The van der Waals surface area contributed by atoms with E-state index in [9.17, 15) is 9.59 Å². The van der Waals surface area contributed by atoms with Gasteiger partial charge in [-0.1, -0.05) is 24.3 Å². The summed E-state index contributed by atoms with van der Waals surface area (Å²) in [6.45, 7) is 4.67. The Balaban J connectivity index is 1.45. The third kappa shape index (κ3) is 3.63. The van der Waals surface area contributed by atoms with Crippen LogP contribution in [0.15, 0.2) is 72.6 Å². The van der Waals surface area contributed by atoms with Crippen LogP contribution in [-0.2, 0) is 6.54 Å². The van der Waals surface area contributed by atoms with Gasteiger partial charge in [-0.15, -0.1) is 0 Å². The van der Waals surface area contributed by atoms with Crippen LogP contribution >= 0.6 is 0 Å². The molecule has 1 aliphatic rings. The van der Waals surface area contributed by atoms with Crippen LogP contribution in [0.25, 0.3) is 17.0 Å². The number of para-hydroxylation sites is 1. The Morgan fingerprint density at radius 3 is 2.71 bits per heavy atom. The number of allylic oxidation sites excluding steroid dienone is 1. The number of hydrogen-bond donors (Lipinski definition) is 0. The van der Waals surface area contributed by atoms with Gasteiger partial charge in [0, 0.05) is 34.8 Å². The van der Waals surface area contributed by atoms with Gasteiger partial charge >= 0.3 is 5.97 Å². The number of esters is 1. The third-order valence-corrected chi connectivity index (χ3v) is 5.99. The van der Waals surface area contributed by atoms with Crippen LogP contribution in [0, 0.1) is 6.92 Å². The van der Waals surface area contributed by atoms with Crippen LogP contribution in [-0.4, -0.2) is 23.4 Å². The Hall–Kier alpha value is -4.32. The zero-order valence-corrected chi connectivity index (χ0v) is 19.1. The Bertz CT molecular complexity index is 1480. The minimum Gasteiger partial charge on any atom is -0.497 e. The molecule has 6 nitrogen and oxygen atoms in total. The molecule has 34 heavy (non-hydrogen) atoms. The van der Waals surface area contributed by atoms with E-state index in [0.29, 0.717) is 33.9 Å². The molecule has 2 heterocycles. The van der Waals surface area contributed by atoms with Gasteiger partial charge in [-0.2, -0.15) is 0 Å². The quantitative estimate of drug-likeness (QED) is 0.217. The van der Waals surface area contributed by atoms with E-state index < -0.39 is 5.97 Å². The minimum absolute atomic E-state index is 0.197. The van der Waals surface area contributed by atoms with Crippen molar-refractivity contribution < 1.29 is 23.8 Å². The van der Waals surface area contributed by atoms with Gasteiger partial charge in [0.15, 0.2) is 5.76 Å². The molecule has 1 aliphatic heterocycles. The third-order valence-electron chi connectivity index (χ3n) is 5.99. The first kappa shape index (κ1) is 21.5. The van der Waals surface area contributed by atoms with Gasteiger partial charge in [0.1, 0.15) is 17.2 Å². The largest absolute Gasteiger partial charge is 0.497 e. The van der Waals surface area contributed by atoms with Gasteiger partial charge in [-0.3, -0.25) is 4.79 Å². The number of methoxy groups -OCH3 is 1. The van der Waals surface area contributed by atoms with Crippen molar-refractivity contribution in [2.45, 2.75) is 20.4 Å². The lowest BCUT2D eigenvalue weighted by Crippen LogP contribution is -2.09. The first-order valence-electron chi connectivity index (χ1n) is 11.0. The number of hydrogen-bond acceptors (Lipinski definition) is 5. The number of benzene rings is 3. The molecule has 4 aromatic rings. The highest BCUT2D eigenvalue weighted by atomic mass is 16.5. The molecule has 0 N–H and O–H groups in total. The molecular weight excluding hydrogens is 430 g/mol. The highest BCUT2D eigenvalue weighted by molar-refractivity contribution is 6.15. The molecule has 170 valence electrons. The number of ether oxygens (including phenoxy) is 3. The van der Waals surface area contributed by atoms with Crippen molar-refractivity contribution >= 4 is 28.7 Å². The summed E-state index contributed by atoms with van der Waals surface area (Å²) in [4.78, 5) is 25.7. The number of Topliss-reactive ketones (excluding diaryl/α,β-unsaturated/α-hetero) is 1. The van der Waals surface area contributed by atoms with Crippen LogP contribution in [0.3, 0.4) is 0 Å². The lowest BCUT2D eigenvalue weighted by molar-refractivity contribution is 0.0732. The molecule has 6 heteroatoms. The maximum atomic E-state index is 13.1.